The number of ether oxygens (including phenoxy) is 1. The fourth-order valence-corrected chi connectivity index (χ4v) is 5.26. The molecule has 1 aliphatic carbocycles. The number of non-ortho nitro benzene ring substituents is 1. The first-order chi connectivity index (χ1) is 14.2. The number of benzene rings is 3. The molecule has 5 rings (SSSR count). The molecule has 1 saturated heterocycles. The topological polar surface area (TPSA) is 52.4 Å². The van der Waals surface area contributed by atoms with E-state index in [2.05, 4.69) is 54.6 Å². The molecule has 1 heterocycles. The van der Waals surface area contributed by atoms with Crippen LogP contribution in [0.2, 0.25) is 0 Å². The molecule has 0 amide bonds. The Morgan fingerprint density at radius 2 is 1.59 bits per heavy atom. The lowest BCUT2D eigenvalue weighted by Gasteiger charge is -2.47. The fraction of sp³-hybridized carbons (Fsp3) is 0.280. The van der Waals surface area contributed by atoms with Crippen LogP contribution in [0.4, 0.5) is 5.69 Å². The van der Waals surface area contributed by atoms with Gasteiger partial charge in [0, 0.05) is 30.6 Å². The van der Waals surface area contributed by atoms with E-state index in [1.807, 2.05) is 12.1 Å². The molecule has 1 fully saturated rings. The summed E-state index contributed by atoms with van der Waals surface area (Å²) in [4.78, 5) is 10.7. The van der Waals surface area contributed by atoms with E-state index >= 15 is 0 Å². The minimum absolute atomic E-state index is 0.0619. The molecular formula is C25H23NO3. The third kappa shape index (κ3) is 3.23. The van der Waals surface area contributed by atoms with Crippen LogP contribution >= 0.6 is 0 Å². The monoisotopic (exact) mass is 385 g/mol. The van der Waals surface area contributed by atoms with Crippen molar-refractivity contribution in [3.63, 3.8) is 0 Å². The van der Waals surface area contributed by atoms with Gasteiger partial charge in [0.25, 0.3) is 5.69 Å². The Kier molecular flexibility index (Phi) is 4.64. The summed E-state index contributed by atoms with van der Waals surface area (Å²) in [6, 6.07) is 26.4. The molecule has 0 radical (unpaired) electrons. The number of hydrogen-bond donors (Lipinski definition) is 0. The predicted molar refractivity (Wildman–Crippen MR) is 112 cm³/mol. The second kappa shape index (κ2) is 7.45. The largest absolute Gasteiger partial charge is 0.373 e. The summed E-state index contributed by atoms with van der Waals surface area (Å²) in [5, 5.41) is 11.1. The molecule has 3 aromatic rings. The smallest absolute Gasteiger partial charge is 0.269 e. The van der Waals surface area contributed by atoms with E-state index in [0.29, 0.717) is 11.8 Å². The van der Waals surface area contributed by atoms with Crippen molar-refractivity contribution in [3.05, 3.63) is 111 Å². The number of rotatable bonds is 3. The van der Waals surface area contributed by atoms with Gasteiger partial charge in [0.1, 0.15) is 0 Å². The Bertz CT molecular complexity index is 1020. The molecule has 4 atom stereocenters. The van der Waals surface area contributed by atoms with Crippen LogP contribution < -0.4 is 0 Å². The second-order valence-electron chi connectivity index (χ2n) is 8.06. The second-order valence-corrected chi connectivity index (χ2v) is 8.06. The normalized spacial score (nSPS) is 25.7. The molecule has 146 valence electrons. The van der Waals surface area contributed by atoms with Gasteiger partial charge in [0.15, 0.2) is 0 Å². The minimum atomic E-state index is -0.349. The van der Waals surface area contributed by atoms with Crippen molar-refractivity contribution in [1.29, 1.82) is 0 Å². The highest BCUT2D eigenvalue weighted by atomic mass is 16.6. The predicted octanol–water partition coefficient (Wildman–Crippen LogP) is 5.68. The highest BCUT2D eigenvalue weighted by molar-refractivity contribution is 5.43. The van der Waals surface area contributed by atoms with Gasteiger partial charge in [-0.05, 0) is 53.1 Å². The zero-order chi connectivity index (χ0) is 19.8. The maximum absolute atomic E-state index is 11.1. The van der Waals surface area contributed by atoms with E-state index in [1.54, 1.807) is 12.1 Å². The van der Waals surface area contributed by atoms with Crippen LogP contribution in [0.15, 0.2) is 78.9 Å². The maximum Gasteiger partial charge on any atom is 0.269 e. The lowest BCUT2D eigenvalue weighted by Crippen LogP contribution is -2.39. The van der Waals surface area contributed by atoms with Gasteiger partial charge in [-0.1, -0.05) is 54.6 Å². The first-order valence-electron chi connectivity index (χ1n) is 10.2. The van der Waals surface area contributed by atoms with Crippen LogP contribution in [0, 0.1) is 22.0 Å². The Morgan fingerprint density at radius 3 is 2.34 bits per heavy atom. The van der Waals surface area contributed by atoms with Crippen molar-refractivity contribution < 1.29 is 9.66 Å². The molecule has 4 heteroatoms. The maximum atomic E-state index is 11.1. The lowest BCUT2D eigenvalue weighted by atomic mass is 9.62. The summed E-state index contributed by atoms with van der Waals surface area (Å²) in [7, 11) is 0. The molecule has 1 aliphatic heterocycles. The summed E-state index contributed by atoms with van der Waals surface area (Å²) in [5.41, 5.74) is 5.29. The summed E-state index contributed by atoms with van der Waals surface area (Å²) < 4.78 is 6.33. The Morgan fingerprint density at radius 1 is 0.862 bits per heavy atom. The van der Waals surface area contributed by atoms with E-state index in [0.717, 1.165) is 25.0 Å². The van der Waals surface area contributed by atoms with E-state index < -0.39 is 0 Å². The number of nitro groups is 1. The number of nitro benzene ring substituents is 1. The first-order valence-corrected chi connectivity index (χ1v) is 10.2. The lowest BCUT2D eigenvalue weighted by molar-refractivity contribution is -0.384. The zero-order valence-electron chi connectivity index (χ0n) is 16.1. The number of hydrogen-bond acceptors (Lipinski definition) is 3. The zero-order valence-corrected chi connectivity index (χ0v) is 16.1. The molecular weight excluding hydrogens is 362 g/mol. The minimum Gasteiger partial charge on any atom is -0.373 e. The van der Waals surface area contributed by atoms with Crippen molar-refractivity contribution in [2.75, 3.05) is 6.61 Å². The highest BCUT2D eigenvalue weighted by Crippen LogP contribution is 2.53. The van der Waals surface area contributed by atoms with Gasteiger partial charge in [-0.15, -0.1) is 0 Å². The third-order valence-corrected chi connectivity index (χ3v) is 6.53. The van der Waals surface area contributed by atoms with Crippen molar-refractivity contribution in [2.45, 2.75) is 24.9 Å². The van der Waals surface area contributed by atoms with Gasteiger partial charge < -0.3 is 4.74 Å². The number of fused-ring (bicyclic) bond motifs is 2. The third-order valence-electron chi connectivity index (χ3n) is 6.53. The van der Waals surface area contributed by atoms with Crippen LogP contribution in [0.25, 0.3) is 0 Å². The fourth-order valence-electron chi connectivity index (χ4n) is 5.26. The van der Waals surface area contributed by atoms with Crippen molar-refractivity contribution in [3.8, 4) is 0 Å². The Labute approximate surface area is 170 Å². The van der Waals surface area contributed by atoms with E-state index in [1.165, 1.54) is 16.7 Å². The molecule has 3 aromatic carbocycles. The van der Waals surface area contributed by atoms with Crippen LogP contribution in [-0.2, 0) is 11.2 Å². The van der Waals surface area contributed by atoms with Gasteiger partial charge >= 0.3 is 0 Å². The molecule has 4 nitrogen and oxygen atoms in total. The summed E-state index contributed by atoms with van der Waals surface area (Å²) in [6.07, 6.45) is 2.05. The van der Waals surface area contributed by atoms with Gasteiger partial charge in [0.2, 0.25) is 0 Å². The summed E-state index contributed by atoms with van der Waals surface area (Å²) >= 11 is 0. The Hall–Kier alpha value is -2.98. The quantitative estimate of drug-likeness (QED) is 0.431. The van der Waals surface area contributed by atoms with E-state index in [4.69, 9.17) is 4.74 Å². The average molecular weight is 385 g/mol. The number of nitrogens with zero attached hydrogens (tertiary/aromatic N) is 1. The summed E-state index contributed by atoms with van der Waals surface area (Å²) in [5.74, 6) is 1.10. The molecule has 2 aliphatic rings. The van der Waals surface area contributed by atoms with Gasteiger partial charge in [-0.2, -0.15) is 0 Å². The van der Waals surface area contributed by atoms with Crippen molar-refractivity contribution in [2.24, 2.45) is 11.8 Å². The average Bonchev–Trinajstić information content (AvgIpc) is 2.77. The van der Waals surface area contributed by atoms with E-state index in [9.17, 15) is 10.1 Å². The summed E-state index contributed by atoms with van der Waals surface area (Å²) in [6.45, 7) is 0.729. The molecule has 29 heavy (non-hydrogen) atoms. The highest BCUT2D eigenvalue weighted by Gasteiger charge is 2.45. The molecule has 0 unspecified atom stereocenters. The van der Waals surface area contributed by atoms with Crippen LogP contribution in [0.5, 0.6) is 0 Å². The van der Waals surface area contributed by atoms with Crippen LogP contribution in [0.1, 0.15) is 40.7 Å². The van der Waals surface area contributed by atoms with Crippen molar-refractivity contribution in [1.82, 2.24) is 0 Å². The van der Waals surface area contributed by atoms with Gasteiger partial charge in [0.05, 0.1) is 11.0 Å². The van der Waals surface area contributed by atoms with E-state index in [-0.39, 0.29) is 22.6 Å². The standard InChI is InChI=1S/C25H23NO3/c27-26(28)21-12-10-18(11-13-21)25-24-20(14-15-29-25)16-19-8-4-5-9-22(19)23(24)17-6-2-1-3-7-17/h1-13,20,23-25H,14-16H2/t20-,23+,24+,25+/m1/s1. The molecule has 0 bridgehead atoms. The molecule has 0 N–H and O–H groups in total. The molecule has 0 spiro atoms. The van der Waals surface area contributed by atoms with Crippen LogP contribution in [0.3, 0.4) is 0 Å². The molecule has 0 aromatic heterocycles. The molecule has 0 saturated carbocycles. The van der Waals surface area contributed by atoms with Gasteiger partial charge in [-0.25, -0.2) is 0 Å². The first kappa shape index (κ1) is 18.1. The van der Waals surface area contributed by atoms with Crippen LogP contribution in [-0.4, -0.2) is 11.5 Å². The van der Waals surface area contributed by atoms with Gasteiger partial charge in [-0.3, -0.25) is 10.1 Å². The SMILES string of the molecule is O=[N+]([O-])c1ccc([C@@H]2OCC[C@@H]3Cc4ccccc4[C@H](c4ccccc4)[C@H]32)cc1. The van der Waals surface area contributed by atoms with Crippen molar-refractivity contribution >= 4 is 5.69 Å². The Balaban J connectivity index is 1.61.